The Morgan fingerprint density at radius 2 is 1.94 bits per heavy atom. The van der Waals surface area contributed by atoms with Crippen molar-refractivity contribution in [1.29, 1.82) is 0 Å². The normalized spacial score (nSPS) is 11.3. The van der Waals surface area contributed by atoms with Crippen LogP contribution in [0.3, 0.4) is 0 Å². The average Bonchev–Trinajstić information content (AvgIpc) is 3.34. The van der Waals surface area contributed by atoms with E-state index in [1.807, 2.05) is 68.8 Å². The number of amides is 1. The summed E-state index contributed by atoms with van der Waals surface area (Å²) >= 11 is 0. The number of methoxy groups -OCH3 is 1. The van der Waals surface area contributed by atoms with Crippen LogP contribution in [-0.4, -0.2) is 27.8 Å². The molecule has 4 rings (SSSR count). The molecule has 0 atom stereocenters. The number of benzene rings is 1. The van der Waals surface area contributed by atoms with Gasteiger partial charge in [0.05, 0.1) is 30.0 Å². The van der Waals surface area contributed by atoms with Gasteiger partial charge in [0.1, 0.15) is 17.3 Å². The molecule has 0 fully saturated rings. The molecule has 4 aromatic rings. The SMILES string of the molecule is COc1ccc(CNC(=O)c2cc(-c3cc(C)oc3C)nc3c2cnn3C(C)C)cc1. The molecule has 0 aliphatic rings. The first-order valence-electron chi connectivity index (χ1n) is 10.2. The van der Waals surface area contributed by atoms with Crippen LogP contribution >= 0.6 is 0 Å². The van der Waals surface area contributed by atoms with Crippen molar-refractivity contribution >= 4 is 16.9 Å². The Balaban J connectivity index is 1.72. The van der Waals surface area contributed by atoms with Crippen molar-refractivity contribution in [1.82, 2.24) is 20.1 Å². The van der Waals surface area contributed by atoms with Crippen molar-refractivity contribution < 1.29 is 13.9 Å². The summed E-state index contributed by atoms with van der Waals surface area (Å²) in [7, 11) is 1.63. The minimum atomic E-state index is -0.175. The third-order valence-electron chi connectivity index (χ3n) is 5.23. The summed E-state index contributed by atoms with van der Waals surface area (Å²) in [5.41, 5.74) is 3.77. The van der Waals surface area contributed by atoms with E-state index in [0.717, 1.165) is 33.8 Å². The lowest BCUT2D eigenvalue weighted by Crippen LogP contribution is -2.23. The van der Waals surface area contributed by atoms with Gasteiger partial charge >= 0.3 is 0 Å². The largest absolute Gasteiger partial charge is 0.497 e. The summed E-state index contributed by atoms with van der Waals surface area (Å²) in [5.74, 6) is 2.18. The number of ether oxygens (including phenoxy) is 1. The van der Waals surface area contributed by atoms with Crippen LogP contribution in [-0.2, 0) is 6.54 Å². The molecule has 7 heteroatoms. The van der Waals surface area contributed by atoms with Crippen molar-refractivity contribution in [3.63, 3.8) is 0 Å². The summed E-state index contributed by atoms with van der Waals surface area (Å²) in [6.07, 6.45) is 1.71. The van der Waals surface area contributed by atoms with Crippen LogP contribution in [0.15, 0.2) is 47.0 Å². The Hall–Kier alpha value is -3.61. The van der Waals surface area contributed by atoms with E-state index in [-0.39, 0.29) is 11.9 Å². The predicted octanol–water partition coefficient (Wildman–Crippen LogP) is 4.83. The molecule has 0 spiro atoms. The van der Waals surface area contributed by atoms with E-state index in [2.05, 4.69) is 10.4 Å². The maximum absolute atomic E-state index is 13.2. The van der Waals surface area contributed by atoms with E-state index in [9.17, 15) is 4.79 Å². The van der Waals surface area contributed by atoms with E-state index >= 15 is 0 Å². The minimum absolute atomic E-state index is 0.114. The van der Waals surface area contributed by atoms with E-state index in [1.165, 1.54) is 0 Å². The zero-order chi connectivity index (χ0) is 22.1. The summed E-state index contributed by atoms with van der Waals surface area (Å²) < 4.78 is 12.7. The number of nitrogens with one attached hydrogen (secondary N) is 1. The number of pyridine rings is 1. The third-order valence-corrected chi connectivity index (χ3v) is 5.23. The smallest absolute Gasteiger partial charge is 0.252 e. The van der Waals surface area contributed by atoms with Crippen molar-refractivity contribution in [2.45, 2.75) is 40.3 Å². The van der Waals surface area contributed by atoms with Gasteiger partial charge in [0, 0.05) is 18.2 Å². The molecule has 0 radical (unpaired) electrons. The molecular formula is C24H26N4O3. The van der Waals surface area contributed by atoms with Gasteiger partial charge in [-0.3, -0.25) is 4.79 Å². The molecule has 0 bridgehead atoms. The quantitative estimate of drug-likeness (QED) is 0.485. The lowest BCUT2D eigenvalue weighted by atomic mass is 10.1. The Kier molecular flexibility index (Phi) is 5.50. The van der Waals surface area contributed by atoms with Gasteiger partial charge in [-0.25, -0.2) is 9.67 Å². The Labute approximate surface area is 181 Å². The summed E-state index contributed by atoms with van der Waals surface area (Å²) in [5, 5.41) is 8.21. The molecule has 7 nitrogen and oxygen atoms in total. The highest BCUT2D eigenvalue weighted by atomic mass is 16.5. The molecule has 0 saturated carbocycles. The molecule has 3 aromatic heterocycles. The van der Waals surface area contributed by atoms with Gasteiger partial charge in [-0.1, -0.05) is 12.1 Å². The van der Waals surface area contributed by atoms with Gasteiger partial charge in [-0.2, -0.15) is 5.10 Å². The van der Waals surface area contributed by atoms with Gasteiger partial charge in [-0.05, 0) is 57.5 Å². The fraction of sp³-hybridized carbons (Fsp3) is 0.292. The molecule has 31 heavy (non-hydrogen) atoms. The first-order chi connectivity index (χ1) is 14.9. The number of fused-ring (bicyclic) bond motifs is 1. The third kappa shape index (κ3) is 4.03. The lowest BCUT2D eigenvalue weighted by molar-refractivity contribution is 0.0952. The topological polar surface area (TPSA) is 82.2 Å². The zero-order valence-corrected chi connectivity index (χ0v) is 18.4. The first-order valence-corrected chi connectivity index (χ1v) is 10.2. The number of carbonyl (C=O) groups excluding carboxylic acids is 1. The molecular weight excluding hydrogens is 392 g/mol. The van der Waals surface area contributed by atoms with Gasteiger partial charge in [-0.15, -0.1) is 0 Å². The monoisotopic (exact) mass is 418 g/mol. The van der Waals surface area contributed by atoms with Gasteiger partial charge in [0.15, 0.2) is 5.65 Å². The number of furan rings is 1. The van der Waals surface area contributed by atoms with Crippen molar-refractivity contribution in [2.75, 3.05) is 7.11 Å². The molecule has 1 aromatic carbocycles. The van der Waals surface area contributed by atoms with Crippen molar-refractivity contribution in [2.24, 2.45) is 0 Å². The molecule has 0 aliphatic carbocycles. The van der Waals surface area contributed by atoms with Crippen LogP contribution in [0.25, 0.3) is 22.3 Å². The standard InChI is InChI=1S/C24H26N4O3/c1-14(2)28-23-21(13-26-28)20(11-22(27-23)19-10-15(3)31-16(19)4)24(29)25-12-17-6-8-18(30-5)9-7-17/h6-11,13-14H,12H2,1-5H3,(H,25,29). The van der Waals surface area contributed by atoms with Crippen LogP contribution in [0.5, 0.6) is 5.75 Å². The highest BCUT2D eigenvalue weighted by Crippen LogP contribution is 2.30. The molecule has 160 valence electrons. The summed E-state index contributed by atoms with van der Waals surface area (Å²) in [6.45, 7) is 8.28. The number of rotatable bonds is 6. The number of aryl methyl sites for hydroxylation is 2. The van der Waals surface area contributed by atoms with E-state index in [4.69, 9.17) is 14.1 Å². The van der Waals surface area contributed by atoms with Gasteiger partial charge in [0.25, 0.3) is 5.91 Å². The van der Waals surface area contributed by atoms with Crippen LogP contribution < -0.4 is 10.1 Å². The maximum atomic E-state index is 13.2. The highest BCUT2D eigenvalue weighted by molar-refractivity contribution is 6.06. The maximum Gasteiger partial charge on any atom is 0.252 e. The van der Waals surface area contributed by atoms with E-state index in [0.29, 0.717) is 23.4 Å². The van der Waals surface area contributed by atoms with Crippen molar-refractivity contribution in [3.8, 4) is 17.0 Å². The van der Waals surface area contributed by atoms with E-state index < -0.39 is 0 Å². The second-order valence-electron chi connectivity index (χ2n) is 7.83. The fourth-order valence-corrected chi connectivity index (χ4v) is 3.63. The molecule has 1 N–H and O–H groups in total. The predicted molar refractivity (Wildman–Crippen MR) is 119 cm³/mol. The Morgan fingerprint density at radius 1 is 1.19 bits per heavy atom. The van der Waals surface area contributed by atoms with E-state index in [1.54, 1.807) is 13.3 Å². The highest BCUT2D eigenvalue weighted by Gasteiger charge is 2.20. The van der Waals surface area contributed by atoms with Gasteiger partial charge in [0.2, 0.25) is 0 Å². The number of hydrogen-bond donors (Lipinski definition) is 1. The second kappa shape index (κ2) is 8.26. The average molecular weight is 418 g/mol. The number of aromatic nitrogens is 3. The summed E-state index contributed by atoms with van der Waals surface area (Å²) in [4.78, 5) is 18.0. The molecule has 3 heterocycles. The Morgan fingerprint density at radius 3 is 2.55 bits per heavy atom. The molecule has 1 amide bonds. The number of carbonyl (C=O) groups is 1. The molecule has 0 unspecified atom stereocenters. The lowest BCUT2D eigenvalue weighted by Gasteiger charge is -2.11. The Bertz CT molecular complexity index is 1240. The van der Waals surface area contributed by atoms with Crippen LogP contribution in [0.2, 0.25) is 0 Å². The minimum Gasteiger partial charge on any atom is -0.497 e. The number of hydrogen-bond acceptors (Lipinski definition) is 5. The first kappa shape index (κ1) is 20.7. The molecule has 0 saturated heterocycles. The fourth-order valence-electron chi connectivity index (χ4n) is 3.63. The second-order valence-corrected chi connectivity index (χ2v) is 7.83. The number of nitrogens with zero attached hydrogens (tertiary/aromatic N) is 3. The zero-order valence-electron chi connectivity index (χ0n) is 18.4. The molecule has 0 aliphatic heterocycles. The van der Waals surface area contributed by atoms with Gasteiger partial charge < -0.3 is 14.5 Å². The van der Waals surface area contributed by atoms with Crippen LogP contribution in [0, 0.1) is 13.8 Å². The van der Waals surface area contributed by atoms with Crippen molar-refractivity contribution in [3.05, 3.63) is 65.2 Å². The summed E-state index contributed by atoms with van der Waals surface area (Å²) in [6, 6.07) is 11.5. The van der Waals surface area contributed by atoms with Crippen LogP contribution in [0.1, 0.15) is 47.3 Å². The van der Waals surface area contributed by atoms with Crippen LogP contribution in [0.4, 0.5) is 0 Å².